The summed E-state index contributed by atoms with van der Waals surface area (Å²) in [5.74, 6) is 0.941. The van der Waals surface area contributed by atoms with E-state index in [-0.39, 0.29) is 5.91 Å². The van der Waals surface area contributed by atoms with Crippen LogP contribution in [0.25, 0.3) is 34.7 Å². The van der Waals surface area contributed by atoms with Crippen molar-refractivity contribution >= 4 is 60.2 Å². The Morgan fingerprint density at radius 2 is 1.77 bits per heavy atom. The Labute approximate surface area is 254 Å². The van der Waals surface area contributed by atoms with Crippen LogP contribution in [-0.4, -0.2) is 73.5 Å². The summed E-state index contributed by atoms with van der Waals surface area (Å²) < 4.78 is 8.04. The number of nitrogens with zero attached hydrogens (tertiary/aromatic N) is 5. The molecular weight excluding hydrogens is 553 g/mol. The van der Waals surface area contributed by atoms with Crippen molar-refractivity contribution < 1.29 is 9.53 Å². The van der Waals surface area contributed by atoms with Gasteiger partial charge in [-0.2, -0.15) is 5.10 Å². The first-order chi connectivity index (χ1) is 20.7. The van der Waals surface area contributed by atoms with Crippen LogP contribution < -0.4 is 10.2 Å². The third-order valence-electron chi connectivity index (χ3n) is 8.07. The SMILES string of the molecule is CN1CCN(c2ccc(/C=C/c3nn(COCC[Si](C)(C)C)c4cc(/C=C5\C(=O)Nc6ccccc65)ccc34)cn2)CC1. The molecule has 2 aromatic heterocycles. The van der Waals surface area contributed by atoms with Crippen molar-refractivity contribution in [3.05, 3.63) is 83.2 Å². The number of hydrogen-bond acceptors (Lipinski definition) is 6. The Hall–Kier alpha value is -4.05. The highest BCUT2D eigenvalue weighted by atomic mass is 28.3. The van der Waals surface area contributed by atoms with Crippen LogP contribution in [0.2, 0.25) is 25.7 Å². The third kappa shape index (κ3) is 6.80. The van der Waals surface area contributed by atoms with E-state index in [0.717, 1.165) is 77.0 Å². The number of benzene rings is 2. The second-order valence-corrected chi connectivity index (χ2v) is 18.3. The summed E-state index contributed by atoms with van der Waals surface area (Å²) in [6.07, 6.45) is 7.99. The molecule has 4 heterocycles. The maximum atomic E-state index is 12.7. The van der Waals surface area contributed by atoms with Crippen molar-refractivity contribution in [1.29, 1.82) is 0 Å². The van der Waals surface area contributed by atoms with Gasteiger partial charge < -0.3 is 19.9 Å². The zero-order valence-corrected chi connectivity index (χ0v) is 26.5. The Kier molecular flexibility index (Phi) is 8.29. The number of pyridine rings is 1. The Balaban J connectivity index is 1.27. The van der Waals surface area contributed by atoms with E-state index in [2.05, 4.69) is 72.1 Å². The fourth-order valence-electron chi connectivity index (χ4n) is 5.40. The first-order valence-electron chi connectivity index (χ1n) is 15.0. The van der Waals surface area contributed by atoms with Crippen LogP contribution in [0.1, 0.15) is 22.4 Å². The van der Waals surface area contributed by atoms with Crippen LogP contribution in [0.5, 0.6) is 0 Å². The molecule has 222 valence electrons. The number of ether oxygens (including phenoxy) is 1. The lowest BCUT2D eigenvalue weighted by Crippen LogP contribution is -2.44. The number of carbonyl (C=O) groups is 1. The summed E-state index contributed by atoms with van der Waals surface area (Å²) in [6, 6.07) is 19.3. The van der Waals surface area contributed by atoms with E-state index in [4.69, 9.17) is 14.8 Å². The van der Waals surface area contributed by atoms with Crippen molar-refractivity contribution in [2.24, 2.45) is 0 Å². The average Bonchev–Trinajstić information content (AvgIpc) is 3.50. The van der Waals surface area contributed by atoms with Crippen LogP contribution in [0, 0.1) is 0 Å². The van der Waals surface area contributed by atoms with Crippen molar-refractivity contribution in [3.63, 3.8) is 0 Å². The molecule has 2 aliphatic heterocycles. The predicted molar refractivity (Wildman–Crippen MR) is 180 cm³/mol. The van der Waals surface area contributed by atoms with Gasteiger partial charge in [-0.1, -0.05) is 50.0 Å². The van der Waals surface area contributed by atoms with E-state index in [9.17, 15) is 4.79 Å². The molecule has 0 bridgehead atoms. The van der Waals surface area contributed by atoms with Gasteiger partial charge in [0.1, 0.15) is 12.5 Å². The molecular formula is C34H40N6O2Si. The van der Waals surface area contributed by atoms with Gasteiger partial charge in [0.15, 0.2) is 0 Å². The van der Waals surface area contributed by atoms with E-state index in [1.807, 2.05) is 53.4 Å². The van der Waals surface area contributed by atoms with Gasteiger partial charge in [-0.25, -0.2) is 9.67 Å². The number of aromatic nitrogens is 3. The highest BCUT2D eigenvalue weighted by molar-refractivity contribution is 6.76. The summed E-state index contributed by atoms with van der Waals surface area (Å²) in [5, 5.41) is 8.94. The van der Waals surface area contributed by atoms with Gasteiger partial charge in [-0.3, -0.25) is 4.79 Å². The van der Waals surface area contributed by atoms with Crippen LogP contribution in [0.4, 0.5) is 11.5 Å². The van der Waals surface area contributed by atoms with Crippen molar-refractivity contribution in [2.75, 3.05) is 50.1 Å². The largest absolute Gasteiger partial charge is 0.360 e. The summed E-state index contributed by atoms with van der Waals surface area (Å²) in [5.41, 5.74) is 6.24. The normalized spacial score (nSPS) is 16.9. The number of para-hydroxylation sites is 1. The summed E-state index contributed by atoms with van der Waals surface area (Å²) in [6.45, 7) is 12.3. The molecule has 0 saturated carbocycles. The Morgan fingerprint density at radius 3 is 2.53 bits per heavy atom. The number of likely N-dealkylation sites (N-methyl/N-ethyl adjacent to an activating group) is 1. The van der Waals surface area contributed by atoms with E-state index >= 15 is 0 Å². The van der Waals surface area contributed by atoms with Crippen LogP contribution in [-0.2, 0) is 16.3 Å². The van der Waals surface area contributed by atoms with Gasteiger partial charge in [-0.05, 0) is 66.7 Å². The first kappa shape index (κ1) is 29.0. The number of anilines is 2. The summed E-state index contributed by atoms with van der Waals surface area (Å²) in [7, 11) is 0.961. The van der Waals surface area contributed by atoms with Crippen LogP contribution >= 0.6 is 0 Å². The quantitative estimate of drug-likeness (QED) is 0.143. The maximum absolute atomic E-state index is 12.7. The molecule has 8 nitrogen and oxygen atoms in total. The van der Waals surface area contributed by atoms with E-state index in [1.54, 1.807) is 0 Å². The van der Waals surface area contributed by atoms with Crippen LogP contribution in [0.15, 0.2) is 60.8 Å². The minimum atomic E-state index is -1.20. The topological polar surface area (TPSA) is 75.5 Å². The molecule has 0 radical (unpaired) electrons. The number of carbonyl (C=O) groups excluding carboxylic acids is 1. The second-order valence-electron chi connectivity index (χ2n) is 12.6. The number of nitrogens with one attached hydrogen (secondary N) is 1. The highest BCUT2D eigenvalue weighted by Crippen LogP contribution is 2.33. The molecule has 0 atom stereocenters. The molecule has 2 aromatic carbocycles. The monoisotopic (exact) mass is 592 g/mol. The van der Waals surface area contributed by atoms with Crippen molar-refractivity contribution in [2.45, 2.75) is 32.4 Å². The van der Waals surface area contributed by atoms with Crippen molar-refractivity contribution in [1.82, 2.24) is 19.7 Å². The number of piperazine rings is 1. The molecule has 43 heavy (non-hydrogen) atoms. The molecule has 6 rings (SSSR count). The molecule has 0 aliphatic carbocycles. The molecule has 1 saturated heterocycles. The fourth-order valence-corrected chi connectivity index (χ4v) is 6.16. The summed E-state index contributed by atoms with van der Waals surface area (Å²) in [4.78, 5) is 22.2. The molecule has 0 unspecified atom stereocenters. The standard InChI is InChI=1S/C34H40N6O2Si/c1-38-15-17-39(18-16-38)33-14-11-25(23-35-33)10-13-31-28-12-9-26(21-29-27-7-5-6-8-30(27)36-34(29)41)22-32(28)40(37-31)24-42-19-20-43(2,3)4/h5-14,21-23H,15-20,24H2,1-4H3,(H,36,41)/b13-10+,29-21-. The zero-order valence-electron chi connectivity index (χ0n) is 25.5. The second kappa shape index (κ2) is 12.3. The number of fused-ring (bicyclic) bond motifs is 2. The average molecular weight is 593 g/mol. The van der Waals surface area contributed by atoms with Gasteiger partial charge in [0.25, 0.3) is 5.91 Å². The molecule has 1 fully saturated rings. The van der Waals surface area contributed by atoms with E-state index < -0.39 is 8.07 Å². The zero-order chi connectivity index (χ0) is 30.0. The fraction of sp³-hybridized carbons (Fsp3) is 0.324. The van der Waals surface area contributed by atoms with Crippen molar-refractivity contribution in [3.8, 4) is 0 Å². The lowest BCUT2D eigenvalue weighted by molar-refractivity contribution is -0.110. The van der Waals surface area contributed by atoms with Gasteiger partial charge in [-0.15, -0.1) is 0 Å². The third-order valence-corrected chi connectivity index (χ3v) is 9.77. The molecule has 0 spiro atoms. The van der Waals surface area contributed by atoms with E-state index in [0.29, 0.717) is 18.9 Å². The lowest BCUT2D eigenvalue weighted by atomic mass is 10.0. The Bertz CT molecular complexity index is 1680. The molecule has 2 aliphatic rings. The minimum absolute atomic E-state index is 0.0830. The van der Waals surface area contributed by atoms with Gasteiger partial charge in [0, 0.05) is 69.3 Å². The van der Waals surface area contributed by atoms with Gasteiger partial charge in [0.2, 0.25) is 0 Å². The Morgan fingerprint density at radius 1 is 0.977 bits per heavy atom. The number of hydrogen-bond donors (Lipinski definition) is 1. The van der Waals surface area contributed by atoms with E-state index in [1.165, 1.54) is 0 Å². The lowest BCUT2D eigenvalue weighted by Gasteiger charge is -2.33. The molecule has 4 aromatic rings. The predicted octanol–water partition coefficient (Wildman–Crippen LogP) is 6.16. The number of amides is 1. The number of rotatable bonds is 9. The molecule has 1 N–H and O–H groups in total. The summed E-state index contributed by atoms with van der Waals surface area (Å²) >= 11 is 0. The maximum Gasteiger partial charge on any atom is 0.256 e. The van der Waals surface area contributed by atoms with Crippen LogP contribution in [0.3, 0.4) is 0 Å². The van der Waals surface area contributed by atoms with Gasteiger partial charge in [0.05, 0.1) is 11.2 Å². The van der Waals surface area contributed by atoms with Gasteiger partial charge >= 0.3 is 0 Å². The molecule has 9 heteroatoms. The molecule has 1 amide bonds. The first-order valence-corrected chi connectivity index (χ1v) is 18.7. The highest BCUT2D eigenvalue weighted by Gasteiger charge is 2.23. The minimum Gasteiger partial charge on any atom is -0.360 e. The smallest absolute Gasteiger partial charge is 0.256 e.